The first kappa shape index (κ1) is 11.1. The van der Waals surface area contributed by atoms with Crippen molar-refractivity contribution in [1.82, 2.24) is 0 Å². The van der Waals surface area contributed by atoms with Gasteiger partial charge in [-0.25, -0.2) is 0 Å². The average molecular weight is 222 g/mol. The molecule has 0 saturated carbocycles. The number of Topliss-reactive ketones (excluding diaryl/α,β-unsaturated/α-hetero) is 1. The third kappa shape index (κ3) is 1.42. The van der Waals surface area contributed by atoms with Gasteiger partial charge in [0, 0.05) is 6.42 Å². The highest BCUT2D eigenvalue weighted by Gasteiger charge is 2.34. The van der Waals surface area contributed by atoms with E-state index in [1.165, 1.54) is 0 Å². The van der Waals surface area contributed by atoms with Gasteiger partial charge >= 0.3 is 0 Å². The van der Waals surface area contributed by atoms with Crippen LogP contribution in [0.2, 0.25) is 0 Å². The Balaban J connectivity index is 2.72. The highest BCUT2D eigenvalue weighted by atomic mass is 16.3. The topological polar surface area (TPSA) is 77.8 Å². The molecule has 1 aliphatic rings. The summed E-state index contributed by atoms with van der Waals surface area (Å²) in [7, 11) is 0. The van der Waals surface area contributed by atoms with E-state index in [-0.39, 0.29) is 23.5 Å². The lowest BCUT2D eigenvalue weighted by Gasteiger charge is -2.27. The summed E-state index contributed by atoms with van der Waals surface area (Å²) in [5, 5.41) is 29.2. The van der Waals surface area contributed by atoms with E-state index >= 15 is 0 Å². The number of phenols is 1. The molecule has 2 atom stereocenters. The molecule has 2 rings (SSSR count). The number of aryl methyl sites for hydroxylation is 1. The zero-order chi connectivity index (χ0) is 12.0. The van der Waals surface area contributed by atoms with Gasteiger partial charge in [-0.3, -0.25) is 4.79 Å². The van der Waals surface area contributed by atoms with Crippen molar-refractivity contribution in [2.45, 2.75) is 32.5 Å². The van der Waals surface area contributed by atoms with E-state index in [2.05, 4.69) is 0 Å². The van der Waals surface area contributed by atoms with Crippen LogP contribution in [-0.4, -0.2) is 27.2 Å². The molecular weight excluding hydrogens is 208 g/mol. The Morgan fingerprint density at radius 2 is 1.94 bits per heavy atom. The first-order valence-corrected chi connectivity index (χ1v) is 5.16. The SMILES string of the molecule is Cc1cc2c(c(O)c1C)C(=O)CC(O)C2O. The monoisotopic (exact) mass is 222 g/mol. The number of aliphatic hydroxyl groups is 2. The molecule has 0 spiro atoms. The molecule has 1 aromatic carbocycles. The Morgan fingerprint density at radius 1 is 1.31 bits per heavy atom. The maximum atomic E-state index is 11.7. The van der Waals surface area contributed by atoms with Crippen molar-refractivity contribution >= 4 is 5.78 Å². The predicted molar refractivity (Wildman–Crippen MR) is 57.5 cm³/mol. The molecule has 86 valence electrons. The Labute approximate surface area is 93.2 Å². The van der Waals surface area contributed by atoms with Crippen LogP contribution in [-0.2, 0) is 0 Å². The van der Waals surface area contributed by atoms with Gasteiger partial charge in [-0.15, -0.1) is 0 Å². The van der Waals surface area contributed by atoms with Crippen LogP contribution in [0.5, 0.6) is 5.75 Å². The van der Waals surface area contributed by atoms with Crippen LogP contribution in [0.25, 0.3) is 0 Å². The molecule has 0 aliphatic heterocycles. The van der Waals surface area contributed by atoms with Crippen molar-refractivity contribution in [2.24, 2.45) is 0 Å². The van der Waals surface area contributed by atoms with Gasteiger partial charge in [0.15, 0.2) is 5.78 Å². The van der Waals surface area contributed by atoms with Gasteiger partial charge in [0.25, 0.3) is 0 Å². The fourth-order valence-corrected chi connectivity index (χ4v) is 2.06. The summed E-state index contributed by atoms with van der Waals surface area (Å²) in [6.45, 7) is 3.50. The number of fused-ring (bicyclic) bond motifs is 1. The Kier molecular flexibility index (Phi) is 2.48. The lowest BCUT2D eigenvalue weighted by molar-refractivity contribution is 0.00839. The van der Waals surface area contributed by atoms with Crippen molar-refractivity contribution in [1.29, 1.82) is 0 Å². The summed E-state index contributed by atoms with van der Waals surface area (Å²) in [6.07, 6.45) is -2.33. The number of aromatic hydroxyl groups is 1. The van der Waals surface area contributed by atoms with Crippen molar-refractivity contribution in [2.75, 3.05) is 0 Å². The van der Waals surface area contributed by atoms with Crippen molar-refractivity contribution < 1.29 is 20.1 Å². The molecule has 0 aromatic heterocycles. The van der Waals surface area contributed by atoms with Gasteiger partial charge in [0.2, 0.25) is 0 Å². The number of rotatable bonds is 0. The molecular formula is C12H14O4. The number of ketones is 1. The number of hydrogen-bond acceptors (Lipinski definition) is 4. The highest BCUT2D eigenvalue weighted by Crippen LogP contribution is 2.38. The fraction of sp³-hybridized carbons (Fsp3) is 0.417. The fourth-order valence-electron chi connectivity index (χ4n) is 2.06. The summed E-state index contributed by atoms with van der Waals surface area (Å²) in [5.74, 6) is -0.403. The normalized spacial score (nSPS) is 24.4. The van der Waals surface area contributed by atoms with Crippen LogP contribution < -0.4 is 0 Å². The summed E-state index contributed by atoms with van der Waals surface area (Å²) in [5.41, 5.74) is 1.90. The zero-order valence-electron chi connectivity index (χ0n) is 9.19. The third-order valence-corrected chi connectivity index (χ3v) is 3.20. The van der Waals surface area contributed by atoms with Crippen LogP contribution in [0.3, 0.4) is 0 Å². The maximum Gasteiger partial charge on any atom is 0.169 e. The summed E-state index contributed by atoms with van der Waals surface area (Å²) >= 11 is 0. The number of carbonyl (C=O) groups is 1. The number of benzene rings is 1. The molecule has 3 N–H and O–H groups in total. The number of carbonyl (C=O) groups excluding carboxylic acids is 1. The summed E-state index contributed by atoms with van der Waals surface area (Å²) in [6, 6.07) is 1.65. The van der Waals surface area contributed by atoms with Crippen molar-refractivity contribution in [3.8, 4) is 5.75 Å². The lowest BCUT2D eigenvalue weighted by atomic mass is 9.83. The molecule has 0 radical (unpaired) electrons. The number of aliphatic hydroxyl groups excluding tert-OH is 2. The molecule has 4 nitrogen and oxygen atoms in total. The van der Waals surface area contributed by atoms with Crippen LogP contribution in [0, 0.1) is 13.8 Å². The first-order chi connectivity index (χ1) is 7.43. The molecule has 16 heavy (non-hydrogen) atoms. The summed E-state index contributed by atoms with van der Waals surface area (Å²) < 4.78 is 0. The van der Waals surface area contributed by atoms with Crippen LogP contribution >= 0.6 is 0 Å². The second-order valence-corrected chi connectivity index (χ2v) is 4.27. The smallest absolute Gasteiger partial charge is 0.169 e. The third-order valence-electron chi connectivity index (χ3n) is 3.20. The molecule has 1 aromatic rings. The second kappa shape index (κ2) is 3.57. The van der Waals surface area contributed by atoms with Gasteiger partial charge in [-0.05, 0) is 30.5 Å². The highest BCUT2D eigenvalue weighted by molar-refractivity contribution is 6.02. The van der Waals surface area contributed by atoms with E-state index < -0.39 is 12.2 Å². The maximum absolute atomic E-state index is 11.7. The van der Waals surface area contributed by atoms with E-state index in [0.717, 1.165) is 5.56 Å². The van der Waals surface area contributed by atoms with E-state index in [4.69, 9.17) is 0 Å². The van der Waals surface area contributed by atoms with Crippen LogP contribution in [0.1, 0.15) is 39.6 Å². The predicted octanol–water partition coefficient (Wildman–Crippen LogP) is 0.990. The largest absolute Gasteiger partial charge is 0.507 e. The van der Waals surface area contributed by atoms with Gasteiger partial charge < -0.3 is 15.3 Å². The minimum atomic E-state index is -1.10. The Bertz CT molecular complexity index is 465. The van der Waals surface area contributed by atoms with E-state index in [1.807, 2.05) is 0 Å². The van der Waals surface area contributed by atoms with Gasteiger partial charge in [0.1, 0.15) is 11.9 Å². The quantitative estimate of drug-likeness (QED) is 0.611. The lowest BCUT2D eigenvalue weighted by Crippen LogP contribution is -2.29. The van der Waals surface area contributed by atoms with Gasteiger partial charge in [-0.2, -0.15) is 0 Å². The molecule has 0 amide bonds. The van der Waals surface area contributed by atoms with Crippen molar-refractivity contribution in [3.63, 3.8) is 0 Å². The molecule has 0 bridgehead atoms. The molecule has 0 saturated heterocycles. The standard InChI is InChI=1S/C12H14O4/c1-5-3-7-10(11(15)6(5)2)8(13)4-9(14)12(7)16/h3,9,12,14-16H,4H2,1-2H3. The molecule has 1 aliphatic carbocycles. The second-order valence-electron chi connectivity index (χ2n) is 4.27. The summed E-state index contributed by atoms with van der Waals surface area (Å²) in [4.78, 5) is 11.7. The van der Waals surface area contributed by atoms with Gasteiger partial charge in [0.05, 0.1) is 11.7 Å². The molecule has 0 fully saturated rings. The van der Waals surface area contributed by atoms with Crippen LogP contribution in [0.15, 0.2) is 6.07 Å². The molecule has 2 unspecified atom stereocenters. The Morgan fingerprint density at radius 3 is 2.56 bits per heavy atom. The first-order valence-electron chi connectivity index (χ1n) is 5.16. The molecule has 0 heterocycles. The van der Waals surface area contributed by atoms with E-state index in [1.54, 1.807) is 19.9 Å². The van der Waals surface area contributed by atoms with Crippen LogP contribution in [0.4, 0.5) is 0 Å². The van der Waals surface area contributed by atoms with Gasteiger partial charge in [-0.1, -0.05) is 6.07 Å². The zero-order valence-corrected chi connectivity index (χ0v) is 9.19. The average Bonchev–Trinajstić information content (AvgIpc) is 2.22. The minimum Gasteiger partial charge on any atom is -0.507 e. The minimum absolute atomic E-state index is 0.0778. The number of hydrogen-bond donors (Lipinski definition) is 3. The van der Waals surface area contributed by atoms with E-state index in [0.29, 0.717) is 11.1 Å². The van der Waals surface area contributed by atoms with E-state index in [9.17, 15) is 20.1 Å². The Hall–Kier alpha value is -1.39. The number of phenolic OH excluding ortho intramolecular Hbond substituents is 1. The van der Waals surface area contributed by atoms with Crippen molar-refractivity contribution in [3.05, 3.63) is 28.3 Å². The molecule has 4 heteroatoms.